The van der Waals surface area contributed by atoms with Gasteiger partial charge < -0.3 is 30.2 Å². The lowest BCUT2D eigenvalue weighted by Gasteiger charge is -2.38. The molecule has 3 aliphatic rings. The molecule has 3 atom stereocenters. The summed E-state index contributed by atoms with van der Waals surface area (Å²) in [6.45, 7) is 11.7. The third-order valence-corrected chi connectivity index (χ3v) is 8.78. The minimum Gasteiger partial charge on any atom is -0.472 e. The van der Waals surface area contributed by atoms with Crippen molar-refractivity contribution in [2.24, 2.45) is 0 Å². The number of fused-ring (bicyclic) bond motifs is 2. The first-order valence-corrected chi connectivity index (χ1v) is 15.5. The maximum absolute atomic E-state index is 16.6. The maximum Gasteiger partial charge on any atom is 0.419 e. The van der Waals surface area contributed by atoms with Gasteiger partial charge in [-0.2, -0.15) is 23.1 Å². The van der Waals surface area contributed by atoms with Gasteiger partial charge in [0.15, 0.2) is 5.82 Å². The number of nitrogens with two attached hydrogens (primary N) is 1. The van der Waals surface area contributed by atoms with Crippen molar-refractivity contribution in [1.82, 2.24) is 25.2 Å². The van der Waals surface area contributed by atoms with Crippen LogP contribution in [0, 0.1) is 11.6 Å². The van der Waals surface area contributed by atoms with Crippen LogP contribution in [-0.2, 0) is 10.9 Å². The summed E-state index contributed by atoms with van der Waals surface area (Å²) in [5.41, 5.74) is 1.35. The SMILES string of the molecule is CCOC(C)(C)CN1CCC[C@@H]1COc1nc2c3c(nc(-c4cc(N)cc(F)c4C(F)(F)F)c(F)c3n1)O[C@@H](C)[C@@H]1CNCCN21. The first-order valence-electron chi connectivity index (χ1n) is 15.5. The van der Waals surface area contributed by atoms with Crippen LogP contribution in [0.15, 0.2) is 12.1 Å². The van der Waals surface area contributed by atoms with Gasteiger partial charge in [-0.15, -0.1) is 0 Å². The average Bonchev–Trinajstić information content (AvgIpc) is 3.36. The number of pyridine rings is 1. The molecule has 1 aromatic carbocycles. The molecule has 3 aromatic rings. The van der Waals surface area contributed by atoms with Gasteiger partial charge in [0.25, 0.3) is 0 Å². The zero-order valence-electron chi connectivity index (χ0n) is 26.2. The lowest BCUT2D eigenvalue weighted by Crippen LogP contribution is -2.56. The summed E-state index contributed by atoms with van der Waals surface area (Å²) in [4.78, 5) is 17.5. The lowest BCUT2D eigenvalue weighted by molar-refractivity contribution is -0.139. The molecule has 0 amide bonds. The van der Waals surface area contributed by atoms with Crippen molar-refractivity contribution in [1.29, 1.82) is 0 Å². The van der Waals surface area contributed by atoms with E-state index in [-0.39, 0.29) is 52.8 Å². The van der Waals surface area contributed by atoms with Crippen LogP contribution in [0.1, 0.15) is 46.1 Å². The van der Waals surface area contributed by atoms with Crippen molar-refractivity contribution < 1.29 is 36.2 Å². The van der Waals surface area contributed by atoms with Crippen LogP contribution in [-0.4, -0.2) is 89.6 Å². The Hall–Kier alpha value is -3.56. The molecule has 0 saturated carbocycles. The van der Waals surface area contributed by atoms with Crippen LogP contribution < -0.4 is 25.4 Å². The first-order chi connectivity index (χ1) is 21.8. The predicted molar refractivity (Wildman–Crippen MR) is 162 cm³/mol. The van der Waals surface area contributed by atoms with Crippen molar-refractivity contribution in [2.45, 2.75) is 70.5 Å². The molecule has 0 spiro atoms. The van der Waals surface area contributed by atoms with Gasteiger partial charge in [0.1, 0.15) is 46.5 Å². The number of alkyl halides is 3. The second kappa shape index (κ2) is 12.2. The fourth-order valence-electron chi connectivity index (χ4n) is 6.79. The van der Waals surface area contributed by atoms with Gasteiger partial charge in [0.2, 0.25) is 5.88 Å². The van der Waals surface area contributed by atoms with E-state index in [9.17, 15) is 17.6 Å². The summed E-state index contributed by atoms with van der Waals surface area (Å²) in [7, 11) is 0. The Morgan fingerprint density at radius 3 is 2.65 bits per heavy atom. The first kappa shape index (κ1) is 32.4. The van der Waals surface area contributed by atoms with E-state index in [1.807, 2.05) is 25.7 Å². The zero-order valence-corrected chi connectivity index (χ0v) is 26.2. The lowest BCUT2D eigenvalue weighted by atomic mass is 10.0. The minimum atomic E-state index is -5.17. The van der Waals surface area contributed by atoms with E-state index in [2.05, 4.69) is 20.2 Å². The van der Waals surface area contributed by atoms with Crippen molar-refractivity contribution in [3.63, 3.8) is 0 Å². The third kappa shape index (κ3) is 6.11. The molecule has 2 saturated heterocycles. The van der Waals surface area contributed by atoms with Gasteiger partial charge >= 0.3 is 12.2 Å². The number of hydrogen-bond acceptors (Lipinski definition) is 10. The molecule has 46 heavy (non-hydrogen) atoms. The van der Waals surface area contributed by atoms with Crippen LogP contribution in [0.2, 0.25) is 0 Å². The molecule has 250 valence electrons. The summed E-state index contributed by atoms with van der Waals surface area (Å²) >= 11 is 0. The standard InChI is InChI=1S/C31H38F5N7O3/c1-5-45-30(3,4)15-42-9-6-7-18(42)14-44-29-40-26-22-27(41-29)43-10-8-38-13-21(43)16(2)46-28(22)39-25(24(26)33)19-11-17(37)12-20(32)23(19)31(34,35)36/h11-12,16,18,21,38H,5-10,13-15,37H2,1-4H3/t16-,18+,21-/m0/s1. The van der Waals surface area contributed by atoms with E-state index in [0.717, 1.165) is 25.5 Å². The highest BCUT2D eigenvalue weighted by Crippen LogP contribution is 2.45. The zero-order chi connectivity index (χ0) is 33.0. The van der Waals surface area contributed by atoms with E-state index in [4.69, 9.17) is 24.9 Å². The van der Waals surface area contributed by atoms with Crippen LogP contribution in [0.3, 0.4) is 0 Å². The average molecular weight is 652 g/mol. The van der Waals surface area contributed by atoms with Crippen LogP contribution in [0.4, 0.5) is 33.5 Å². The summed E-state index contributed by atoms with van der Waals surface area (Å²) in [6.07, 6.45) is -3.87. The second-order valence-electron chi connectivity index (χ2n) is 12.6. The number of piperazine rings is 1. The Labute approximate surface area is 263 Å². The number of rotatable bonds is 8. The number of hydrogen-bond donors (Lipinski definition) is 2. The van der Waals surface area contributed by atoms with Gasteiger partial charge in [-0.3, -0.25) is 4.90 Å². The summed E-state index contributed by atoms with van der Waals surface area (Å²) in [6, 6.07) is 1.01. The molecule has 6 rings (SSSR count). The number of ether oxygens (including phenoxy) is 3. The summed E-state index contributed by atoms with van der Waals surface area (Å²) in [5, 5.41) is 3.41. The van der Waals surface area contributed by atoms with E-state index in [0.29, 0.717) is 44.7 Å². The minimum absolute atomic E-state index is 0.0199. The number of anilines is 2. The highest BCUT2D eigenvalue weighted by Gasteiger charge is 2.41. The molecule has 0 bridgehead atoms. The van der Waals surface area contributed by atoms with Crippen LogP contribution >= 0.6 is 0 Å². The van der Waals surface area contributed by atoms with Gasteiger partial charge in [0.05, 0.1) is 11.6 Å². The predicted octanol–water partition coefficient (Wildman–Crippen LogP) is 4.79. The number of halogens is 5. The Bertz CT molecular complexity index is 1620. The topological polar surface area (TPSA) is 111 Å². The van der Waals surface area contributed by atoms with Crippen LogP contribution in [0.5, 0.6) is 11.9 Å². The van der Waals surface area contributed by atoms with E-state index in [1.165, 1.54) is 0 Å². The Morgan fingerprint density at radius 2 is 1.91 bits per heavy atom. The molecule has 3 aliphatic heterocycles. The third-order valence-electron chi connectivity index (χ3n) is 8.78. The largest absolute Gasteiger partial charge is 0.472 e. The van der Waals surface area contributed by atoms with Crippen molar-refractivity contribution in [3.05, 3.63) is 29.3 Å². The highest BCUT2D eigenvalue weighted by molar-refractivity contribution is 5.97. The van der Waals surface area contributed by atoms with Crippen molar-refractivity contribution >= 4 is 22.4 Å². The Kier molecular flexibility index (Phi) is 8.61. The number of benzene rings is 1. The van der Waals surface area contributed by atoms with Crippen LogP contribution in [0.25, 0.3) is 22.2 Å². The van der Waals surface area contributed by atoms with Gasteiger partial charge in [-0.25, -0.2) is 13.8 Å². The highest BCUT2D eigenvalue weighted by atomic mass is 19.4. The molecule has 2 aromatic heterocycles. The fraction of sp³-hybridized carbons (Fsp3) is 0.581. The number of nitrogen functional groups attached to an aromatic ring is 1. The molecular formula is C31H38F5N7O3. The van der Waals surface area contributed by atoms with Gasteiger partial charge in [-0.1, -0.05) is 0 Å². The number of aromatic nitrogens is 3. The normalized spacial score (nSPS) is 22.1. The van der Waals surface area contributed by atoms with E-state index in [1.54, 1.807) is 6.92 Å². The fourth-order valence-corrected chi connectivity index (χ4v) is 6.79. The number of likely N-dealkylation sites (tertiary alicyclic amines) is 1. The molecule has 3 N–H and O–H groups in total. The molecule has 15 heteroatoms. The van der Waals surface area contributed by atoms with Crippen molar-refractivity contribution in [2.75, 3.05) is 56.6 Å². The summed E-state index contributed by atoms with van der Waals surface area (Å²) in [5.74, 6) is -2.70. The molecule has 10 nitrogen and oxygen atoms in total. The molecule has 0 radical (unpaired) electrons. The Balaban J connectivity index is 1.47. The molecule has 0 unspecified atom stereocenters. The van der Waals surface area contributed by atoms with Crippen molar-refractivity contribution in [3.8, 4) is 23.1 Å². The smallest absolute Gasteiger partial charge is 0.419 e. The molecule has 2 fully saturated rings. The van der Waals surface area contributed by atoms with Gasteiger partial charge in [0, 0.05) is 50.1 Å². The quantitative estimate of drug-likeness (QED) is 0.261. The van der Waals surface area contributed by atoms with E-state index >= 15 is 4.39 Å². The number of nitrogens with zero attached hydrogens (tertiary/aromatic N) is 5. The molecular weight excluding hydrogens is 613 g/mol. The molecule has 0 aliphatic carbocycles. The summed E-state index contributed by atoms with van der Waals surface area (Å²) < 4.78 is 91.9. The molecule has 5 heterocycles. The monoisotopic (exact) mass is 651 g/mol. The second-order valence-corrected chi connectivity index (χ2v) is 12.6. The number of nitrogens with one attached hydrogen (secondary N) is 1. The van der Waals surface area contributed by atoms with E-state index < -0.39 is 40.7 Å². The Morgan fingerprint density at radius 1 is 1.13 bits per heavy atom. The van der Waals surface area contributed by atoms with Gasteiger partial charge in [-0.05, 0) is 59.2 Å². The maximum atomic E-state index is 16.6.